The summed E-state index contributed by atoms with van der Waals surface area (Å²) in [5.41, 5.74) is 11.6. The topological polar surface area (TPSA) is 91.2 Å². The smallest absolute Gasteiger partial charge is 0.260 e. The van der Waals surface area contributed by atoms with E-state index < -0.39 is 5.91 Å². The highest BCUT2D eigenvalue weighted by Gasteiger charge is 2.19. The van der Waals surface area contributed by atoms with Crippen molar-refractivity contribution in [1.29, 1.82) is 0 Å². The first-order valence-corrected chi connectivity index (χ1v) is 7.64. The van der Waals surface area contributed by atoms with Crippen LogP contribution in [0, 0.1) is 0 Å². The van der Waals surface area contributed by atoms with Gasteiger partial charge >= 0.3 is 0 Å². The Labute approximate surface area is 139 Å². The molecule has 0 radical (unpaired) electrons. The molecule has 8 heteroatoms. The summed E-state index contributed by atoms with van der Waals surface area (Å²) in [6.07, 6.45) is 1.56. The van der Waals surface area contributed by atoms with Crippen LogP contribution in [0.5, 0.6) is 11.5 Å². The summed E-state index contributed by atoms with van der Waals surface area (Å²) in [5.74, 6) is 0.260. The van der Waals surface area contributed by atoms with E-state index in [2.05, 4.69) is 4.98 Å². The Morgan fingerprint density at radius 2 is 2.00 bits per heavy atom. The van der Waals surface area contributed by atoms with E-state index in [9.17, 15) is 4.79 Å². The maximum Gasteiger partial charge on any atom is 0.260 e. The van der Waals surface area contributed by atoms with Gasteiger partial charge < -0.3 is 16.2 Å². The zero-order valence-corrected chi connectivity index (χ0v) is 13.3. The van der Waals surface area contributed by atoms with Crippen molar-refractivity contribution >= 4 is 56.3 Å². The number of pyridine rings is 1. The first-order chi connectivity index (χ1) is 10.5. The minimum absolute atomic E-state index is 0.251. The van der Waals surface area contributed by atoms with Gasteiger partial charge in [-0.15, -0.1) is 11.3 Å². The molecule has 3 aromatic rings. The highest BCUT2D eigenvalue weighted by molar-refractivity contribution is 7.21. The molecule has 0 aliphatic carbocycles. The van der Waals surface area contributed by atoms with E-state index in [0.717, 1.165) is 11.3 Å². The monoisotopic (exact) mass is 353 g/mol. The lowest BCUT2D eigenvalue weighted by Gasteiger charge is -2.09. The average Bonchev–Trinajstić information content (AvgIpc) is 2.80. The summed E-state index contributed by atoms with van der Waals surface area (Å²) in [5, 5.41) is 1.40. The number of nitrogen functional groups attached to an aromatic ring is 1. The van der Waals surface area contributed by atoms with Gasteiger partial charge in [-0.2, -0.15) is 0 Å². The van der Waals surface area contributed by atoms with Crippen molar-refractivity contribution in [1.82, 2.24) is 4.98 Å². The van der Waals surface area contributed by atoms with Crippen molar-refractivity contribution in [3.05, 3.63) is 45.4 Å². The standard InChI is InChI=1S/C14H9Cl2N3O2S/c15-6-1-2-8(7(16)5-6)21-9-3-4-19-14-10(9)11(17)12(22-14)13(18)20/h1-5H,17H2,(H2,18,20). The van der Waals surface area contributed by atoms with Crippen molar-refractivity contribution in [2.45, 2.75) is 0 Å². The number of primary amides is 1. The largest absolute Gasteiger partial charge is 0.455 e. The molecule has 22 heavy (non-hydrogen) atoms. The number of nitrogens with two attached hydrogens (primary N) is 2. The van der Waals surface area contributed by atoms with E-state index in [0.29, 0.717) is 31.8 Å². The molecule has 0 saturated heterocycles. The summed E-state index contributed by atoms with van der Waals surface area (Å²) < 4.78 is 5.80. The highest BCUT2D eigenvalue weighted by atomic mass is 35.5. The Hall–Kier alpha value is -2.02. The summed E-state index contributed by atoms with van der Waals surface area (Å²) in [6.45, 7) is 0. The van der Waals surface area contributed by atoms with Gasteiger partial charge in [0, 0.05) is 11.2 Å². The summed E-state index contributed by atoms with van der Waals surface area (Å²) in [6, 6.07) is 6.52. The van der Waals surface area contributed by atoms with Crippen LogP contribution in [-0.4, -0.2) is 10.9 Å². The predicted molar refractivity (Wildman–Crippen MR) is 89.1 cm³/mol. The van der Waals surface area contributed by atoms with Gasteiger partial charge in [0.25, 0.3) is 5.91 Å². The third kappa shape index (κ3) is 2.56. The van der Waals surface area contributed by atoms with Crippen LogP contribution in [0.1, 0.15) is 9.67 Å². The summed E-state index contributed by atoms with van der Waals surface area (Å²) in [7, 11) is 0. The Bertz CT molecular complexity index is 895. The normalized spacial score (nSPS) is 10.8. The third-order valence-corrected chi connectivity index (χ3v) is 4.59. The SMILES string of the molecule is NC(=O)c1sc2nccc(Oc3ccc(Cl)cc3Cl)c2c1N. The van der Waals surface area contributed by atoms with E-state index in [1.54, 1.807) is 30.5 Å². The minimum atomic E-state index is -0.601. The molecule has 0 saturated carbocycles. The second kappa shape index (κ2) is 5.64. The first-order valence-electron chi connectivity index (χ1n) is 6.07. The van der Waals surface area contributed by atoms with Crippen LogP contribution in [0.25, 0.3) is 10.2 Å². The maximum atomic E-state index is 11.4. The van der Waals surface area contributed by atoms with Crippen LogP contribution in [0.15, 0.2) is 30.5 Å². The Morgan fingerprint density at radius 3 is 2.68 bits per heavy atom. The number of thiophene rings is 1. The predicted octanol–water partition coefficient (Wildman–Crippen LogP) is 4.08. The Kier molecular flexibility index (Phi) is 3.82. The summed E-state index contributed by atoms with van der Waals surface area (Å²) in [4.78, 5) is 16.4. The van der Waals surface area contributed by atoms with E-state index in [1.165, 1.54) is 0 Å². The van der Waals surface area contributed by atoms with E-state index >= 15 is 0 Å². The molecule has 0 aliphatic heterocycles. The average molecular weight is 354 g/mol. The molecule has 1 aromatic carbocycles. The molecule has 0 atom stereocenters. The molecule has 4 N–H and O–H groups in total. The fourth-order valence-electron chi connectivity index (χ4n) is 1.96. The van der Waals surface area contributed by atoms with Crippen molar-refractivity contribution in [3.8, 4) is 11.5 Å². The van der Waals surface area contributed by atoms with Gasteiger partial charge in [0.05, 0.1) is 16.1 Å². The van der Waals surface area contributed by atoms with Crippen LogP contribution in [-0.2, 0) is 0 Å². The number of halogens is 2. The lowest BCUT2D eigenvalue weighted by Crippen LogP contribution is -2.10. The molecular weight excluding hydrogens is 345 g/mol. The second-order valence-corrected chi connectivity index (χ2v) is 6.22. The third-order valence-electron chi connectivity index (χ3n) is 2.93. The van der Waals surface area contributed by atoms with Crippen LogP contribution >= 0.6 is 34.5 Å². The van der Waals surface area contributed by atoms with Gasteiger partial charge in [0.2, 0.25) is 0 Å². The fraction of sp³-hybridized carbons (Fsp3) is 0. The first kappa shape index (κ1) is 14.9. The van der Waals surface area contributed by atoms with Crippen LogP contribution in [0.4, 0.5) is 5.69 Å². The number of fused-ring (bicyclic) bond motifs is 1. The lowest BCUT2D eigenvalue weighted by molar-refractivity contribution is 0.100. The van der Waals surface area contributed by atoms with Crippen LogP contribution in [0.3, 0.4) is 0 Å². The van der Waals surface area contributed by atoms with Crippen molar-refractivity contribution in [2.75, 3.05) is 5.73 Å². The molecule has 0 unspecified atom stereocenters. The second-order valence-electron chi connectivity index (χ2n) is 4.38. The highest BCUT2D eigenvalue weighted by Crippen LogP contribution is 2.41. The maximum absolute atomic E-state index is 11.4. The number of nitrogens with zero attached hydrogens (tertiary/aromatic N) is 1. The number of aromatic nitrogens is 1. The zero-order valence-electron chi connectivity index (χ0n) is 11.0. The van der Waals surface area contributed by atoms with E-state index in [1.807, 2.05) is 0 Å². The van der Waals surface area contributed by atoms with Gasteiger partial charge in [-0.25, -0.2) is 4.98 Å². The molecule has 5 nitrogen and oxygen atoms in total. The lowest BCUT2D eigenvalue weighted by atomic mass is 10.2. The number of carbonyl (C=O) groups is 1. The molecule has 112 valence electrons. The Balaban J connectivity index is 2.13. The number of amides is 1. The van der Waals surface area contributed by atoms with Crippen LogP contribution in [0.2, 0.25) is 10.0 Å². The molecule has 3 rings (SSSR count). The molecule has 0 fully saturated rings. The molecule has 0 aliphatic rings. The number of hydrogen-bond donors (Lipinski definition) is 2. The molecule has 0 bridgehead atoms. The number of hydrogen-bond acceptors (Lipinski definition) is 5. The summed E-state index contributed by atoms with van der Waals surface area (Å²) >= 11 is 13.1. The van der Waals surface area contributed by atoms with Crippen molar-refractivity contribution in [2.24, 2.45) is 5.73 Å². The van der Waals surface area contributed by atoms with Crippen LogP contribution < -0.4 is 16.2 Å². The van der Waals surface area contributed by atoms with Crippen molar-refractivity contribution in [3.63, 3.8) is 0 Å². The quantitative estimate of drug-likeness (QED) is 0.741. The number of benzene rings is 1. The minimum Gasteiger partial charge on any atom is -0.455 e. The zero-order chi connectivity index (χ0) is 15.9. The molecule has 2 heterocycles. The molecule has 2 aromatic heterocycles. The molecule has 0 spiro atoms. The van der Waals surface area contributed by atoms with E-state index in [-0.39, 0.29) is 10.6 Å². The number of carbonyl (C=O) groups excluding carboxylic acids is 1. The number of ether oxygens (including phenoxy) is 1. The molecular formula is C14H9Cl2N3O2S. The van der Waals surface area contributed by atoms with Gasteiger partial charge in [-0.05, 0) is 24.3 Å². The fourth-order valence-corrected chi connectivity index (χ4v) is 3.34. The van der Waals surface area contributed by atoms with Gasteiger partial charge in [0.1, 0.15) is 21.2 Å². The number of rotatable bonds is 3. The number of anilines is 1. The van der Waals surface area contributed by atoms with E-state index in [4.69, 9.17) is 39.4 Å². The van der Waals surface area contributed by atoms with Gasteiger partial charge in [-0.1, -0.05) is 23.2 Å². The van der Waals surface area contributed by atoms with Gasteiger partial charge in [-0.3, -0.25) is 4.79 Å². The van der Waals surface area contributed by atoms with Crippen molar-refractivity contribution < 1.29 is 9.53 Å². The molecule has 1 amide bonds. The van der Waals surface area contributed by atoms with Gasteiger partial charge in [0.15, 0.2) is 0 Å². The Morgan fingerprint density at radius 1 is 1.23 bits per heavy atom.